The maximum Gasteiger partial charge on any atom is 0.254 e. The molecule has 2 N–H and O–H groups in total. The molecule has 2 aromatic rings. The summed E-state index contributed by atoms with van der Waals surface area (Å²) in [5.74, 6) is -0.150. The summed E-state index contributed by atoms with van der Waals surface area (Å²) in [5, 5.41) is 7.03. The lowest BCUT2D eigenvalue weighted by Gasteiger charge is -2.05. The van der Waals surface area contributed by atoms with E-state index in [1.807, 2.05) is 24.9 Å². The zero-order valence-electron chi connectivity index (χ0n) is 10.9. The number of pyridine rings is 1. The molecule has 1 amide bonds. The first kappa shape index (κ1) is 13.5. The molecule has 0 radical (unpaired) electrons. The third-order valence-electron chi connectivity index (χ3n) is 3.08. The van der Waals surface area contributed by atoms with Crippen LogP contribution in [0.5, 0.6) is 0 Å². The standard InChI is InChI=1S/C13H16N4OS/c1-9-10(8-16-17(9)2)5-7-14-12(18)11-4-3-6-15-13(11)19/h3-4,6,8H,5,7H2,1-2H3,(H,14,18)(H,15,19). The second-order valence-corrected chi connectivity index (χ2v) is 4.71. The minimum Gasteiger partial charge on any atom is -0.352 e. The molecule has 0 aromatic carbocycles. The van der Waals surface area contributed by atoms with Crippen molar-refractivity contribution in [3.8, 4) is 0 Å². The van der Waals surface area contributed by atoms with Crippen molar-refractivity contribution >= 4 is 18.1 Å². The van der Waals surface area contributed by atoms with Gasteiger partial charge in [-0.1, -0.05) is 12.2 Å². The number of hydrogen-bond donors (Lipinski definition) is 2. The number of nitrogens with one attached hydrogen (secondary N) is 2. The Labute approximate surface area is 116 Å². The summed E-state index contributed by atoms with van der Waals surface area (Å²) < 4.78 is 2.28. The van der Waals surface area contributed by atoms with Gasteiger partial charge in [0.05, 0.1) is 11.8 Å². The topological polar surface area (TPSA) is 62.7 Å². The van der Waals surface area contributed by atoms with Gasteiger partial charge in [0, 0.05) is 25.5 Å². The van der Waals surface area contributed by atoms with Crippen LogP contribution < -0.4 is 5.32 Å². The van der Waals surface area contributed by atoms with Crippen LogP contribution in [0, 0.1) is 11.6 Å². The normalized spacial score (nSPS) is 10.4. The summed E-state index contributed by atoms with van der Waals surface area (Å²) >= 11 is 5.07. The van der Waals surface area contributed by atoms with Gasteiger partial charge in [-0.3, -0.25) is 9.48 Å². The van der Waals surface area contributed by atoms with Crippen molar-refractivity contribution in [3.05, 3.63) is 46.0 Å². The van der Waals surface area contributed by atoms with Crippen LogP contribution in [-0.2, 0) is 13.5 Å². The smallest absolute Gasteiger partial charge is 0.254 e. The summed E-state index contributed by atoms with van der Waals surface area (Å²) in [6.07, 6.45) is 4.29. The monoisotopic (exact) mass is 276 g/mol. The first-order chi connectivity index (χ1) is 9.09. The van der Waals surface area contributed by atoms with Crippen LogP contribution in [0.1, 0.15) is 21.6 Å². The largest absolute Gasteiger partial charge is 0.352 e. The summed E-state index contributed by atoms with van der Waals surface area (Å²) in [6, 6.07) is 3.47. The Kier molecular flexibility index (Phi) is 4.11. The van der Waals surface area contributed by atoms with E-state index in [0.717, 1.165) is 17.7 Å². The molecule has 0 bridgehead atoms. The number of amides is 1. The number of H-pyrrole nitrogens is 1. The SMILES string of the molecule is Cc1c(CCNC(=O)c2ccc[nH]c2=S)cnn1C. The Balaban J connectivity index is 1.93. The van der Waals surface area contributed by atoms with E-state index in [4.69, 9.17) is 12.2 Å². The highest BCUT2D eigenvalue weighted by Gasteiger charge is 2.08. The number of carbonyl (C=O) groups excluding carboxylic acids is 1. The van der Waals surface area contributed by atoms with Crippen molar-refractivity contribution in [3.63, 3.8) is 0 Å². The fourth-order valence-electron chi connectivity index (χ4n) is 1.80. The molecule has 5 nitrogen and oxygen atoms in total. The van der Waals surface area contributed by atoms with Gasteiger partial charge in [0.2, 0.25) is 0 Å². The van der Waals surface area contributed by atoms with E-state index in [1.54, 1.807) is 18.3 Å². The Morgan fingerprint density at radius 3 is 3.00 bits per heavy atom. The highest BCUT2D eigenvalue weighted by Crippen LogP contribution is 2.06. The third-order valence-corrected chi connectivity index (χ3v) is 3.42. The van der Waals surface area contributed by atoms with E-state index in [-0.39, 0.29) is 5.91 Å². The molecule has 0 atom stereocenters. The number of aromatic amines is 1. The highest BCUT2D eigenvalue weighted by atomic mass is 32.1. The quantitative estimate of drug-likeness (QED) is 0.836. The lowest BCUT2D eigenvalue weighted by atomic mass is 10.2. The molecule has 0 unspecified atom stereocenters. The summed E-state index contributed by atoms with van der Waals surface area (Å²) in [7, 11) is 1.90. The predicted octanol–water partition coefficient (Wildman–Crippen LogP) is 1.76. The number of aromatic nitrogens is 3. The molecule has 100 valence electrons. The molecule has 0 saturated heterocycles. The average Bonchev–Trinajstić information content (AvgIpc) is 2.71. The van der Waals surface area contributed by atoms with Crippen LogP contribution in [0.25, 0.3) is 0 Å². The van der Waals surface area contributed by atoms with Crippen molar-refractivity contribution < 1.29 is 4.79 Å². The zero-order valence-corrected chi connectivity index (χ0v) is 11.8. The second kappa shape index (κ2) is 5.79. The molecule has 0 saturated carbocycles. The highest BCUT2D eigenvalue weighted by molar-refractivity contribution is 7.71. The third kappa shape index (κ3) is 3.08. The number of rotatable bonds is 4. The lowest BCUT2D eigenvalue weighted by Crippen LogP contribution is -2.26. The number of nitrogens with zero attached hydrogens (tertiary/aromatic N) is 2. The first-order valence-corrected chi connectivity index (χ1v) is 6.44. The van der Waals surface area contributed by atoms with E-state index >= 15 is 0 Å². The van der Waals surface area contributed by atoms with Crippen LogP contribution >= 0.6 is 12.2 Å². The van der Waals surface area contributed by atoms with Gasteiger partial charge in [0.1, 0.15) is 4.64 Å². The Morgan fingerprint density at radius 1 is 1.58 bits per heavy atom. The van der Waals surface area contributed by atoms with Crippen LogP contribution in [0.2, 0.25) is 0 Å². The van der Waals surface area contributed by atoms with E-state index in [1.165, 1.54) is 0 Å². The molecule has 0 aliphatic rings. The molecular weight excluding hydrogens is 260 g/mol. The van der Waals surface area contributed by atoms with E-state index in [9.17, 15) is 4.79 Å². The number of carbonyl (C=O) groups is 1. The average molecular weight is 276 g/mol. The van der Waals surface area contributed by atoms with Gasteiger partial charge < -0.3 is 10.3 Å². The number of hydrogen-bond acceptors (Lipinski definition) is 3. The maximum atomic E-state index is 11.9. The van der Waals surface area contributed by atoms with E-state index in [2.05, 4.69) is 15.4 Å². The fraction of sp³-hybridized carbons (Fsp3) is 0.308. The molecule has 2 rings (SSSR count). The lowest BCUT2D eigenvalue weighted by molar-refractivity contribution is 0.0953. The van der Waals surface area contributed by atoms with Gasteiger partial charge in [-0.2, -0.15) is 5.10 Å². The number of aryl methyl sites for hydroxylation is 1. The summed E-state index contributed by atoms with van der Waals surface area (Å²) in [5.41, 5.74) is 2.76. The van der Waals surface area contributed by atoms with E-state index in [0.29, 0.717) is 16.7 Å². The first-order valence-electron chi connectivity index (χ1n) is 6.03. The molecule has 0 spiro atoms. The molecule has 0 fully saturated rings. The second-order valence-electron chi connectivity index (χ2n) is 4.30. The maximum absolute atomic E-state index is 11.9. The van der Waals surface area contributed by atoms with Crippen LogP contribution in [0.15, 0.2) is 24.5 Å². The minimum absolute atomic E-state index is 0.150. The molecule has 19 heavy (non-hydrogen) atoms. The Morgan fingerprint density at radius 2 is 2.37 bits per heavy atom. The van der Waals surface area contributed by atoms with Gasteiger partial charge in [-0.05, 0) is 31.0 Å². The van der Waals surface area contributed by atoms with Crippen LogP contribution in [0.3, 0.4) is 0 Å². The van der Waals surface area contributed by atoms with Crippen molar-refractivity contribution in [1.82, 2.24) is 20.1 Å². The summed E-state index contributed by atoms with van der Waals surface area (Å²) in [4.78, 5) is 14.8. The fourth-order valence-corrected chi connectivity index (χ4v) is 2.02. The van der Waals surface area contributed by atoms with Crippen LogP contribution in [-0.4, -0.2) is 27.2 Å². The molecule has 2 heterocycles. The predicted molar refractivity (Wildman–Crippen MR) is 75.6 cm³/mol. The Bertz CT molecular complexity index is 644. The van der Waals surface area contributed by atoms with E-state index < -0.39 is 0 Å². The van der Waals surface area contributed by atoms with Crippen LogP contribution in [0.4, 0.5) is 0 Å². The molecule has 2 aromatic heterocycles. The van der Waals surface area contributed by atoms with Crippen molar-refractivity contribution in [2.75, 3.05) is 6.54 Å². The van der Waals surface area contributed by atoms with Gasteiger partial charge in [0.15, 0.2) is 0 Å². The van der Waals surface area contributed by atoms with Gasteiger partial charge >= 0.3 is 0 Å². The van der Waals surface area contributed by atoms with Gasteiger partial charge in [-0.25, -0.2) is 0 Å². The van der Waals surface area contributed by atoms with Gasteiger partial charge in [-0.15, -0.1) is 0 Å². The molecule has 0 aliphatic carbocycles. The zero-order chi connectivity index (χ0) is 13.8. The summed E-state index contributed by atoms with van der Waals surface area (Å²) in [6.45, 7) is 2.58. The molecule has 6 heteroatoms. The molecular formula is C13H16N4OS. The minimum atomic E-state index is -0.150. The van der Waals surface area contributed by atoms with Gasteiger partial charge in [0.25, 0.3) is 5.91 Å². The Hall–Kier alpha value is -1.95. The van der Waals surface area contributed by atoms with Crippen molar-refractivity contribution in [1.29, 1.82) is 0 Å². The van der Waals surface area contributed by atoms with Crippen molar-refractivity contribution in [2.45, 2.75) is 13.3 Å². The molecule has 0 aliphatic heterocycles. The van der Waals surface area contributed by atoms with Crippen molar-refractivity contribution in [2.24, 2.45) is 7.05 Å².